The molecule has 0 atom stereocenters. The zero-order valence-corrected chi connectivity index (χ0v) is 10.0. The maximum atomic E-state index is 11.5. The maximum absolute atomic E-state index is 11.5. The lowest BCUT2D eigenvalue weighted by Gasteiger charge is -2.06. The molecular formula is C13H12N4O2. The Morgan fingerprint density at radius 3 is 2.89 bits per heavy atom. The van der Waals surface area contributed by atoms with Gasteiger partial charge in [-0.05, 0) is 24.3 Å². The number of aromatic nitrogens is 2. The molecule has 0 radical (unpaired) electrons. The number of carbonyl (C=O) groups excluding carboxylic acids is 1. The third-order valence-corrected chi connectivity index (χ3v) is 2.86. The van der Waals surface area contributed by atoms with Gasteiger partial charge in [0.25, 0.3) is 5.91 Å². The molecule has 6 heteroatoms. The van der Waals surface area contributed by atoms with Crippen molar-refractivity contribution in [2.75, 3.05) is 0 Å². The van der Waals surface area contributed by atoms with Crippen molar-refractivity contribution < 1.29 is 9.21 Å². The van der Waals surface area contributed by atoms with E-state index in [1.54, 1.807) is 23.0 Å². The Labute approximate surface area is 108 Å². The van der Waals surface area contributed by atoms with Crippen molar-refractivity contribution in [3.63, 3.8) is 0 Å². The number of furan rings is 1. The number of amides is 1. The van der Waals surface area contributed by atoms with Gasteiger partial charge in [0.2, 0.25) is 0 Å². The molecule has 6 nitrogen and oxygen atoms in total. The molecule has 0 aliphatic rings. The first-order valence-corrected chi connectivity index (χ1v) is 5.78. The summed E-state index contributed by atoms with van der Waals surface area (Å²) in [5.41, 5.74) is 3.79. The molecule has 0 saturated carbocycles. The van der Waals surface area contributed by atoms with Crippen molar-refractivity contribution >= 4 is 16.9 Å². The van der Waals surface area contributed by atoms with Crippen LogP contribution in [-0.2, 0) is 11.3 Å². The molecule has 0 aliphatic carbocycles. The highest BCUT2D eigenvalue weighted by atomic mass is 16.3. The number of carbonyl (C=O) groups is 1. The van der Waals surface area contributed by atoms with Gasteiger partial charge in [0.1, 0.15) is 6.54 Å². The van der Waals surface area contributed by atoms with Gasteiger partial charge in [0, 0.05) is 0 Å². The zero-order valence-electron chi connectivity index (χ0n) is 10.0. The number of nitrogens with one attached hydrogen (secondary N) is 1. The lowest BCUT2D eigenvalue weighted by atomic mass is 10.3. The molecule has 2 aromatic heterocycles. The minimum Gasteiger partial charge on any atom is -0.461 e. The molecule has 2 heterocycles. The van der Waals surface area contributed by atoms with Gasteiger partial charge in [0.15, 0.2) is 11.6 Å². The number of imidazole rings is 1. The minimum absolute atomic E-state index is 0.0903. The largest absolute Gasteiger partial charge is 0.461 e. The van der Waals surface area contributed by atoms with Gasteiger partial charge in [-0.15, -0.1) is 0 Å². The van der Waals surface area contributed by atoms with Crippen LogP contribution in [0.25, 0.3) is 22.6 Å². The van der Waals surface area contributed by atoms with Crippen molar-refractivity contribution in [1.29, 1.82) is 0 Å². The molecule has 0 unspecified atom stereocenters. The van der Waals surface area contributed by atoms with Crippen LogP contribution in [0.1, 0.15) is 0 Å². The van der Waals surface area contributed by atoms with Crippen molar-refractivity contribution in [2.45, 2.75) is 6.54 Å². The smallest absolute Gasteiger partial charge is 0.253 e. The second-order valence-corrected chi connectivity index (χ2v) is 4.06. The van der Waals surface area contributed by atoms with Crippen LogP contribution in [0.3, 0.4) is 0 Å². The molecular weight excluding hydrogens is 244 g/mol. The van der Waals surface area contributed by atoms with Crippen LogP contribution in [-0.4, -0.2) is 15.5 Å². The quantitative estimate of drug-likeness (QED) is 0.420. The number of nitrogens with zero attached hydrogens (tertiary/aromatic N) is 2. The number of benzene rings is 1. The van der Waals surface area contributed by atoms with Crippen molar-refractivity contribution in [3.8, 4) is 11.6 Å². The molecule has 3 aromatic rings. The van der Waals surface area contributed by atoms with E-state index in [1.807, 2.05) is 24.3 Å². The lowest BCUT2D eigenvalue weighted by molar-refractivity contribution is -0.121. The fraction of sp³-hybridized carbons (Fsp3) is 0.0769. The van der Waals surface area contributed by atoms with E-state index in [2.05, 4.69) is 10.4 Å². The molecule has 0 fully saturated rings. The van der Waals surface area contributed by atoms with Crippen molar-refractivity contribution in [2.24, 2.45) is 5.84 Å². The lowest BCUT2D eigenvalue weighted by Crippen LogP contribution is -2.33. The predicted molar refractivity (Wildman–Crippen MR) is 69.8 cm³/mol. The van der Waals surface area contributed by atoms with E-state index < -0.39 is 0 Å². The second kappa shape index (κ2) is 4.58. The van der Waals surface area contributed by atoms with E-state index in [1.165, 1.54) is 0 Å². The second-order valence-electron chi connectivity index (χ2n) is 4.06. The van der Waals surface area contributed by atoms with Gasteiger partial charge in [-0.1, -0.05) is 12.1 Å². The summed E-state index contributed by atoms with van der Waals surface area (Å²) in [5.74, 6) is 6.07. The summed E-state index contributed by atoms with van der Waals surface area (Å²) in [4.78, 5) is 16.0. The molecule has 0 bridgehead atoms. The Hall–Kier alpha value is -2.60. The van der Waals surface area contributed by atoms with E-state index in [-0.39, 0.29) is 12.5 Å². The highest BCUT2D eigenvalue weighted by molar-refractivity contribution is 5.83. The highest BCUT2D eigenvalue weighted by Crippen LogP contribution is 2.24. The number of hydrogen-bond donors (Lipinski definition) is 2. The molecule has 0 saturated heterocycles. The van der Waals surface area contributed by atoms with Crippen LogP contribution in [0.15, 0.2) is 47.1 Å². The molecule has 19 heavy (non-hydrogen) atoms. The standard InChI is InChI=1S/C13H12N4O2/c14-16-12(18)8-17-10-5-2-1-4-9(10)15-13(17)11-6-3-7-19-11/h1-7H,8,14H2,(H,16,18). The number of fused-ring (bicyclic) bond motifs is 1. The maximum Gasteiger partial charge on any atom is 0.253 e. The summed E-state index contributed by atoms with van der Waals surface area (Å²) in [7, 11) is 0. The highest BCUT2D eigenvalue weighted by Gasteiger charge is 2.16. The Bertz CT molecular complexity index is 715. The average molecular weight is 256 g/mol. The van der Waals surface area contributed by atoms with Crippen molar-refractivity contribution in [1.82, 2.24) is 15.0 Å². The molecule has 0 aliphatic heterocycles. The SMILES string of the molecule is NNC(=O)Cn1c(-c2ccco2)nc2ccccc21. The van der Waals surface area contributed by atoms with Crippen LogP contribution in [0, 0.1) is 0 Å². The summed E-state index contributed by atoms with van der Waals surface area (Å²) < 4.78 is 7.13. The van der Waals surface area contributed by atoms with Crippen LogP contribution in [0.2, 0.25) is 0 Å². The average Bonchev–Trinajstić information content (AvgIpc) is 3.06. The molecule has 3 rings (SSSR count). The zero-order chi connectivity index (χ0) is 13.2. The van der Waals surface area contributed by atoms with Gasteiger partial charge in [0.05, 0.1) is 17.3 Å². The van der Waals surface area contributed by atoms with E-state index in [4.69, 9.17) is 10.3 Å². The number of nitrogens with two attached hydrogens (primary N) is 1. The summed E-state index contributed by atoms with van der Waals surface area (Å²) >= 11 is 0. The van der Waals surface area contributed by atoms with Gasteiger partial charge in [-0.2, -0.15) is 0 Å². The first-order valence-electron chi connectivity index (χ1n) is 5.78. The van der Waals surface area contributed by atoms with Gasteiger partial charge < -0.3 is 8.98 Å². The van der Waals surface area contributed by atoms with Crippen LogP contribution in [0.5, 0.6) is 0 Å². The van der Waals surface area contributed by atoms with Crippen LogP contribution < -0.4 is 11.3 Å². The minimum atomic E-state index is -0.295. The number of hydrogen-bond acceptors (Lipinski definition) is 4. The van der Waals surface area contributed by atoms with Gasteiger partial charge >= 0.3 is 0 Å². The van der Waals surface area contributed by atoms with E-state index in [0.29, 0.717) is 11.6 Å². The van der Waals surface area contributed by atoms with E-state index in [9.17, 15) is 4.79 Å². The fourth-order valence-corrected chi connectivity index (χ4v) is 2.02. The summed E-state index contributed by atoms with van der Waals surface area (Å²) in [6.07, 6.45) is 1.57. The topological polar surface area (TPSA) is 86.1 Å². The van der Waals surface area contributed by atoms with Gasteiger partial charge in [-0.3, -0.25) is 10.2 Å². The molecule has 3 N–H and O–H groups in total. The van der Waals surface area contributed by atoms with Crippen LogP contribution >= 0.6 is 0 Å². The molecule has 96 valence electrons. The normalized spacial score (nSPS) is 10.8. The Kier molecular flexibility index (Phi) is 2.77. The Morgan fingerprint density at radius 2 is 2.16 bits per heavy atom. The first kappa shape index (κ1) is 11.5. The summed E-state index contributed by atoms with van der Waals surface area (Å²) in [5, 5.41) is 0. The number of rotatable bonds is 3. The van der Waals surface area contributed by atoms with Gasteiger partial charge in [-0.25, -0.2) is 10.8 Å². The Balaban J connectivity index is 2.19. The van der Waals surface area contributed by atoms with Crippen LogP contribution in [0.4, 0.5) is 0 Å². The first-order chi connectivity index (χ1) is 9.29. The summed E-state index contributed by atoms with van der Waals surface area (Å²) in [6.45, 7) is 0.0903. The summed E-state index contributed by atoms with van der Waals surface area (Å²) in [6, 6.07) is 11.2. The third-order valence-electron chi connectivity index (χ3n) is 2.86. The van der Waals surface area contributed by atoms with E-state index in [0.717, 1.165) is 11.0 Å². The molecule has 1 amide bonds. The fourth-order valence-electron chi connectivity index (χ4n) is 2.02. The van der Waals surface area contributed by atoms with Crippen molar-refractivity contribution in [3.05, 3.63) is 42.7 Å². The monoisotopic (exact) mass is 256 g/mol. The number of hydrazine groups is 1. The predicted octanol–water partition coefficient (Wildman–Crippen LogP) is 1.29. The van der Waals surface area contributed by atoms with E-state index >= 15 is 0 Å². The Morgan fingerprint density at radius 1 is 1.32 bits per heavy atom. The molecule has 0 spiro atoms. The third kappa shape index (κ3) is 1.98. The molecule has 1 aromatic carbocycles. The number of para-hydroxylation sites is 2.